The van der Waals surface area contributed by atoms with Crippen LogP contribution in [-0.2, 0) is 0 Å². The average Bonchev–Trinajstić information content (AvgIpc) is 2.46. The SMILES string of the molecule is Cc1cc(C(=O)N2CCCCC2)c2ccccc2n1. The Hall–Kier alpha value is -1.90. The van der Waals surface area contributed by atoms with Crippen LogP contribution in [0.4, 0.5) is 0 Å². The second kappa shape index (κ2) is 5.00. The van der Waals surface area contributed by atoms with Gasteiger partial charge in [-0.15, -0.1) is 0 Å². The molecule has 3 rings (SSSR count). The third kappa shape index (κ3) is 2.33. The second-order valence-electron chi connectivity index (χ2n) is 5.18. The first kappa shape index (κ1) is 12.2. The van der Waals surface area contributed by atoms with Crippen LogP contribution < -0.4 is 0 Å². The van der Waals surface area contributed by atoms with Gasteiger partial charge in [0.2, 0.25) is 0 Å². The minimum Gasteiger partial charge on any atom is -0.339 e. The minimum atomic E-state index is 0.154. The molecule has 19 heavy (non-hydrogen) atoms. The highest BCUT2D eigenvalue weighted by molar-refractivity contribution is 6.06. The number of nitrogens with zero attached hydrogens (tertiary/aromatic N) is 2. The topological polar surface area (TPSA) is 33.2 Å². The van der Waals surface area contributed by atoms with Gasteiger partial charge in [0.05, 0.1) is 11.1 Å². The van der Waals surface area contributed by atoms with Gasteiger partial charge in [0.1, 0.15) is 0 Å². The molecule has 0 aliphatic carbocycles. The average molecular weight is 254 g/mol. The molecule has 0 bridgehead atoms. The maximum atomic E-state index is 12.7. The molecule has 1 aliphatic rings. The summed E-state index contributed by atoms with van der Waals surface area (Å²) in [7, 11) is 0. The molecule has 2 aromatic rings. The quantitative estimate of drug-likeness (QED) is 0.783. The zero-order valence-electron chi connectivity index (χ0n) is 11.2. The number of fused-ring (bicyclic) bond motifs is 1. The van der Waals surface area contributed by atoms with E-state index < -0.39 is 0 Å². The van der Waals surface area contributed by atoms with E-state index in [0.717, 1.165) is 48.1 Å². The fourth-order valence-corrected chi connectivity index (χ4v) is 2.75. The molecule has 0 N–H and O–H groups in total. The first-order valence-corrected chi connectivity index (χ1v) is 6.91. The summed E-state index contributed by atoms with van der Waals surface area (Å²) in [6.45, 7) is 3.71. The maximum Gasteiger partial charge on any atom is 0.254 e. The van der Waals surface area contributed by atoms with Crippen molar-refractivity contribution in [2.24, 2.45) is 0 Å². The first-order valence-electron chi connectivity index (χ1n) is 6.91. The standard InChI is InChI=1S/C16H18N2O/c1-12-11-14(13-7-3-4-8-15(13)17-12)16(19)18-9-5-2-6-10-18/h3-4,7-8,11H,2,5-6,9-10H2,1H3. The Bertz CT molecular complexity index is 615. The Morgan fingerprint density at radius 2 is 1.89 bits per heavy atom. The number of piperidine rings is 1. The molecule has 0 spiro atoms. The van der Waals surface area contributed by atoms with E-state index in [1.807, 2.05) is 42.2 Å². The molecule has 3 heteroatoms. The minimum absolute atomic E-state index is 0.154. The Labute approximate surface area is 113 Å². The molecule has 0 radical (unpaired) electrons. The zero-order valence-corrected chi connectivity index (χ0v) is 11.2. The van der Waals surface area contributed by atoms with Crippen molar-refractivity contribution >= 4 is 16.8 Å². The van der Waals surface area contributed by atoms with Crippen LogP contribution in [0.1, 0.15) is 35.3 Å². The van der Waals surface area contributed by atoms with Crippen molar-refractivity contribution in [1.29, 1.82) is 0 Å². The highest BCUT2D eigenvalue weighted by Gasteiger charge is 2.20. The Kier molecular flexibility index (Phi) is 3.20. The fourth-order valence-electron chi connectivity index (χ4n) is 2.75. The molecule has 0 unspecified atom stereocenters. The number of pyridine rings is 1. The number of hydrogen-bond donors (Lipinski definition) is 0. The van der Waals surface area contributed by atoms with Gasteiger partial charge in [-0.05, 0) is 38.3 Å². The third-order valence-electron chi connectivity index (χ3n) is 3.72. The maximum absolute atomic E-state index is 12.7. The van der Waals surface area contributed by atoms with Crippen molar-refractivity contribution in [3.8, 4) is 0 Å². The number of carbonyl (C=O) groups is 1. The third-order valence-corrected chi connectivity index (χ3v) is 3.72. The lowest BCUT2D eigenvalue weighted by atomic mass is 10.0. The van der Waals surface area contributed by atoms with Crippen LogP contribution in [0.5, 0.6) is 0 Å². The number of benzene rings is 1. The molecule has 2 heterocycles. The van der Waals surface area contributed by atoms with E-state index in [-0.39, 0.29) is 5.91 Å². The molecular weight excluding hydrogens is 236 g/mol. The summed E-state index contributed by atoms with van der Waals surface area (Å²) in [6, 6.07) is 9.80. The molecule has 0 atom stereocenters. The monoisotopic (exact) mass is 254 g/mol. The summed E-state index contributed by atoms with van der Waals surface area (Å²) in [4.78, 5) is 19.1. The van der Waals surface area contributed by atoms with E-state index in [2.05, 4.69) is 4.98 Å². The van der Waals surface area contributed by atoms with E-state index in [9.17, 15) is 4.79 Å². The van der Waals surface area contributed by atoms with Gasteiger partial charge >= 0.3 is 0 Å². The Morgan fingerprint density at radius 3 is 2.68 bits per heavy atom. The summed E-state index contributed by atoms with van der Waals surface area (Å²) in [6.07, 6.45) is 3.47. The predicted molar refractivity (Wildman–Crippen MR) is 76.2 cm³/mol. The number of carbonyl (C=O) groups excluding carboxylic acids is 1. The van der Waals surface area contributed by atoms with Gasteiger partial charge in [0.15, 0.2) is 0 Å². The van der Waals surface area contributed by atoms with Crippen LogP contribution in [0.25, 0.3) is 10.9 Å². The van der Waals surface area contributed by atoms with Gasteiger partial charge in [-0.1, -0.05) is 18.2 Å². The largest absolute Gasteiger partial charge is 0.339 e. The Morgan fingerprint density at radius 1 is 1.16 bits per heavy atom. The molecule has 3 nitrogen and oxygen atoms in total. The molecule has 98 valence electrons. The number of hydrogen-bond acceptors (Lipinski definition) is 2. The Balaban J connectivity index is 2.05. The number of aromatic nitrogens is 1. The van der Waals surface area contributed by atoms with E-state index in [0.29, 0.717) is 0 Å². The summed E-state index contributed by atoms with van der Waals surface area (Å²) < 4.78 is 0. The summed E-state index contributed by atoms with van der Waals surface area (Å²) >= 11 is 0. The van der Waals surface area contributed by atoms with Crippen LogP contribution in [0, 0.1) is 6.92 Å². The van der Waals surface area contributed by atoms with Gasteiger partial charge in [0, 0.05) is 24.2 Å². The van der Waals surface area contributed by atoms with Crippen LogP contribution in [0.2, 0.25) is 0 Å². The van der Waals surface area contributed by atoms with Crippen molar-refractivity contribution in [3.05, 3.63) is 41.6 Å². The summed E-state index contributed by atoms with van der Waals surface area (Å²) in [5.41, 5.74) is 2.60. The van der Waals surface area contributed by atoms with Crippen molar-refractivity contribution in [3.63, 3.8) is 0 Å². The van der Waals surface area contributed by atoms with E-state index in [1.54, 1.807) is 0 Å². The number of aryl methyl sites for hydroxylation is 1. The van der Waals surface area contributed by atoms with Gasteiger partial charge in [-0.3, -0.25) is 9.78 Å². The van der Waals surface area contributed by atoms with E-state index >= 15 is 0 Å². The number of likely N-dealkylation sites (tertiary alicyclic amines) is 1. The van der Waals surface area contributed by atoms with Crippen LogP contribution in [0.3, 0.4) is 0 Å². The lowest BCUT2D eigenvalue weighted by Crippen LogP contribution is -2.35. The van der Waals surface area contributed by atoms with Gasteiger partial charge < -0.3 is 4.90 Å². The van der Waals surface area contributed by atoms with Gasteiger partial charge in [-0.25, -0.2) is 0 Å². The van der Waals surface area contributed by atoms with Crippen molar-refractivity contribution in [2.75, 3.05) is 13.1 Å². The normalized spacial score (nSPS) is 15.7. The van der Waals surface area contributed by atoms with Crippen LogP contribution >= 0.6 is 0 Å². The lowest BCUT2D eigenvalue weighted by molar-refractivity contribution is 0.0726. The smallest absolute Gasteiger partial charge is 0.254 e. The number of rotatable bonds is 1. The molecule has 0 saturated carbocycles. The second-order valence-corrected chi connectivity index (χ2v) is 5.18. The lowest BCUT2D eigenvalue weighted by Gasteiger charge is -2.27. The molecule has 1 aliphatic heterocycles. The zero-order chi connectivity index (χ0) is 13.2. The molecule has 1 aromatic carbocycles. The predicted octanol–water partition coefficient (Wildman–Crippen LogP) is 3.17. The van der Waals surface area contributed by atoms with Crippen molar-refractivity contribution in [1.82, 2.24) is 9.88 Å². The summed E-state index contributed by atoms with van der Waals surface area (Å²) in [5.74, 6) is 0.154. The highest BCUT2D eigenvalue weighted by atomic mass is 16.2. The fraction of sp³-hybridized carbons (Fsp3) is 0.375. The molecule has 1 amide bonds. The number of amides is 1. The molecule has 1 saturated heterocycles. The van der Waals surface area contributed by atoms with Crippen molar-refractivity contribution < 1.29 is 4.79 Å². The van der Waals surface area contributed by atoms with E-state index in [4.69, 9.17) is 0 Å². The van der Waals surface area contributed by atoms with Crippen molar-refractivity contribution in [2.45, 2.75) is 26.2 Å². The molecular formula is C16H18N2O. The number of para-hydroxylation sites is 1. The van der Waals surface area contributed by atoms with Crippen LogP contribution in [-0.4, -0.2) is 28.9 Å². The van der Waals surface area contributed by atoms with Gasteiger partial charge in [-0.2, -0.15) is 0 Å². The molecule has 1 fully saturated rings. The van der Waals surface area contributed by atoms with E-state index in [1.165, 1.54) is 6.42 Å². The summed E-state index contributed by atoms with van der Waals surface area (Å²) in [5, 5.41) is 0.962. The van der Waals surface area contributed by atoms with Crippen LogP contribution in [0.15, 0.2) is 30.3 Å². The highest BCUT2D eigenvalue weighted by Crippen LogP contribution is 2.21. The van der Waals surface area contributed by atoms with Gasteiger partial charge in [0.25, 0.3) is 5.91 Å². The first-order chi connectivity index (χ1) is 9.25. The molecule has 1 aromatic heterocycles.